The zero-order chi connectivity index (χ0) is 57.5. The maximum atomic E-state index is 14.2. The number of aromatic nitrogens is 4. The van der Waals surface area contributed by atoms with E-state index in [9.17, 15) is 72.9 Å². The number of ether oxygens (including phenoxy) is 2. The third-order valence-corrected chi connectivity index (χ3v) is 18.9. The molecule has 4 aliphatic rings. The number of amides is 4. The smallest absolute Gasteiger partial charge is 0.381 e. The molecular weight excluding hydrogens is 1080 g/mol. The Kier molecular flexibility index (Phi) is 16.7. The Balaban J connectivity index is 0.000000226. The molecule has 4 fully saturated rings. The Labute approximate surface area is 445 Å². The van der Waals surface area contributed by atoms with Gasteiger partial charge in [-0.25, -0.2) is 16.8 Å². The molecule has 0 saturated heterocycles. The van der Waals surface area contributed by atoms with Gasteiger partial charge in [0.1, 0.15) is 24.2 Å². The van der Waals surface area contributed by atoms with Crippen LogP contribution in [0.4, 0.5) is 26.3 Å². The molecule has 0 aliphatic heterocycles. The van der Waals surface area contributed by atoms with Gasteiger partial charge < -0.3 is 29.9 Å². The predicted molar refractivity (Wildman–Crippen MR) is 263 cm³/mol. The van der Waals surface area contributed by atoms with Crippen molar-refractivity contribution >= 4 is 43.3 Å². The first kappa shape index (κ1) is 58.8. The van der Waals surface area contributed by atoms with Gasteiger partial charge in [0.25, 0.3) is 0 Å². The summed E-state index contributed by atoms with van der Waals surface area (Å²) < 4.78 is 152. The lowest BCUT2D eigenvalue weighted by Gasteiger charge is -2.19. The van der Waals surface area contributed by atoms with Gasteiger partial charge in [-0.3, -0.25) is 28.5 Å². The highest BCUT2D eigenvalue weighted by Crippen LogP contribution is 2.45. The fourth-order valence-electron chi connectivity index (χ4n) is 9.40. The third kappa shape index (κ3) is 12.7. The molecule has 28 heteroatoms. The third-order valence-electron chi connectivity index (χ3n) is 14.4. The van der Waals surface area contributed by atoms with Crippen molar-refractivity contribution in [3.8, 4) is 34.4 Å². The lowest BCUT2D eigenvalue weighted by molar-refractivity contribution is -0.140. The minimum atomic E-state index is -4.99. The van der Waals surface area contributed by atoms with Gasteiger partial charge in [-0.2, -0.15) is 47.1 Å². The molecule has 2 N–H and O–H groups in total. The van der Waals surface area contributed by atoms with Crippen LogP contribution >= 0.6 is 0 Å². The van der Waals surface area contributed by atoms with E-state index >= 15 is 0 Å². The molecule has 4 aromatic rings. The van der Waals surface area contributed by atoms with Gasteiger partial charge in [-0.1, -0.05) is 12.1 Å². The number of nitrogens with one attached hydrogen (secondary N) is 2. The van der Waals surface area contributed by atoms with E-state index in [1.807, 2.05) is 12.1 Å². The summed E-state index contributed by atoms with van der Waals surface area (Å²) >= 11 is 0. The zero-order valence-corrected chi connectivity index (χ0v) is 44.7. The molecule has 2 heterocycles. The molecule has 78 heavy (non-hydrogen) atoms. The fraction of sp³-hybridized carbons (Fsp3) is 0.520. The maximum Gasteiger partial charge on any atom is 0.417 e. The minimum Gasteiger partial charge on any atom is -0.381 e. The van der Waals surface area contributed by atoms with Crippen molar-refractivity contribution in [2.24, 2.45) is 11.8 Å². The Bertz CT molecular complexity index is 3070. The molecule has 2 aromatic heterocycles. The number of likely N-dealkylation sites (N-methyl/N-ethyl adjacent to an activating group) is 2. The molecule has 0 bridgehead atoms. The van der Waals surface area contributed by atoms with Gasteiger partial charge in [0.15, 0.2) is 19.7 Å². The topological polar surface area (TPSA) is 269 Å². The van der Waals surface area contributed by atoms with E-state index in [1.165, 1.54) is 70.3 Å². The first-order chi connectivity index (χ1) is 36.4. The number of rotatable bonds is 16. The number of hydrogen-bond acceptors (Lipinski definition) is 14. The molecular formula is C50H56F6N10O10S2. The predicted octanol–water partition coefficient (Wildman–Crippen LogP) is 4.79. The van der Waals surface area contributed by atoms with Gasteiger partial charge in [0.2, 0.25) is 23.6 Å². The highest BCUT2D eigenvalue weighted by Gasteiger charge is 2.53. The summed E-state index contributed by atoms with van der Waals surface area (Å²) in [5, 5.41) is 29.2. The molecule has 4 aliphatic carbocycles. The number of alkyl halides is 6. The van der Waals surface area contributed by atoms with E-state index in [4.69, 9.17) is 9.47 Å². The van der Waals surface area contributed by atoms with Gasteiger partial charge >= 0.3 is 12.4 Å². The Morgan fingerprint density at radius 2 is 0.974 bits per heavy atom. The molecule has 20 nitrogen and oxygen atoms in total. The van der Waals surface area contributed by atoms with Crippen molar-refractivity contribution in [2.75, 3.05) is 42.4 Å². The van der Waals surface area contributed by atoms with Crippen LogP contribution in [0.25, 0.3) is 22.3 Å². The van der Waals surface area contributed by atoms with E-state index in [0.29, 0.717) is 25.7 Å². The Morgan fingerprint density at radius 1 is 0.628 bits per heavy atom. The van der Waals surface area contributed by atoms with Crippen molar-refractivity contribution in [3.05, 3.63) is 72.3 Å². The number of nitrogens with zero attached hydrogens (tertiary/aromatic N) is 8. The normalized spacial score (nSPS) is 22.2. The number of nitriles is 2. The van der Waals surface area contributed by atoms with Gasteiger partial charge in [-0.05, 0) is 86.8 Å². The lowest BCUT2D eigenvalue weighted by Crippen LogP contribution is -2.42. The summed E-state index contributed by atoms with van der Waals surface area (Å²) in [6.07, 6.45) is -5.12. The molecule has 0 unspecified atom stereocenters. The first-order valence-corrected chi connectivity index (χ1v) is 27.4. The summed E-state index contributed by atoms with van der Waals surface area (Å²) in [4.78, 5) is 50.4. The molecule has 6 atom stereocenters. The summed E-state index contributed by atoms with van der Waals surface area (Å²) in [7, 11) is -0.209. The van der Waals surface area contributed by atoms with E-state index in [-0.39, 0.29) is 72.8 Å². The summed E-state index contributed by atoms with van der Waals surface area (Å²) in [5.41, 5.74) is -3.90. The van der Waals surface area contributed by atoms with Crippen molar-refractivity contribution in [2.45, 2.75) is 120 Å². The summed E-state index contributed by atoms with van der Waals surface area (Å²) in [6, 6.07) is 9.90. The second kappa shape index (κ2) is 22.1. The first-order valence-electron chi connectivity index (χ1n) is 24.3. The summed E-state index contributed by atoms with van der Waals surface area (Å²) in [5.74, 6) is -3.47. The molecule has 8 rings (SSSR count). The highest BCUT2D eigenvalue weighted by atomic mass is 32.2. The van der Waals surface area contributed by atoms with Crippen LogP contribution in [-0.4, -0.2) is 146 Å². The van der Waals surface area contributed by atoms with E-state index in [2.05, 4.69) is 20.8 Å². The molecule has 4 amide bonds. The van der Waals surface area contributed by atoms with Crippen LogP contribution < -0.4 is 10.6 Å². The number of sulfone groups is 2. The van der Waals surface area contributed by atoms with Crippen LogP contribution in [0.1, 0.15) is 62.5 Å². The molecule has 4 saturated carbocycles. The molecule has 420 valence electrons. The number of benzene rings is 2. The zero-order valence-electron chi connectivity index (χ0n) is 43.1. The van der Waals surface area contributed by atoms with Gasteiger partial charge in [-0.15, -0.1) is 0 Å². The average molecular weight is 1140 g/mol. The number of carbonyl (C=O) groups is 4. The lowest BCUT2D eigenvalue weighted by atomic mass is 10.0. The van der Waals surface area contributed by atoms with Crippen LogP contribution in [0.15, 0.2) is 71.0 Å². The summed E-state index contributed by atoms with van der Waals surface area (Å²) in [6.45, 7) is -0.226. The molecule has 0 spiro atoms. The van der Waals surface area contributed by atoms with Crippen molar-refractivity contribution in [3.63, 3.8) is 0 Å². The van der Waals surface area contributed by atoms with Crippen LogP contribution in [0.2, 0.25) is 0 Å². The quantitative estimate of drug-likeness (QED) is 0.143. The van der Waals surface area contributed by atoms with Crippen LogP contribution in [-0.2, 0) is 73.8 Å². The Morgan fingerprint density at radius 3 is 1.26 bits per heavy atom. The Hall–Kier alpha value is -6.88. The van der Waals surface area contributed by atoms with E-state index in [1.54, 1.807) is 28.2 Å². The maximum absolute atomic E-state index is 14.2. The van der Waals surface area contributed by atoms with Gasteiger partial charge in [0, 0.05) is 65.9 Å². The van der Waals surface area contributed by atoms with E-state index in [0.717, 1.165) is 24.3 Å². The number of halogens is 6. The number of methoxy groups -OCH3 is 2. The van der Waals surface area contributed by atoms with Crippen LogP contribution in [0, 0.1) is 34.5 Å². The second-order valence-electron chi connectivity index (χ2n) is 20.3. The standard InChI is InChI=1S/2C25H28F3N5O5S/c2*1-32(2)22(34)13-33-12-16(11-30-33)15-4-5-21(19(8-15)25(26,27)28)39(36,37)17-9-18(20(10-17)38-3)23(35)31-24(14-29)6-7-24/h2*4-5,8,11-12,17-18,20H,6-7,9-10,13H2,1-3H3,(H,31,35)/t2*17-,18-,20-/m10/s1. The van der Waals surface area contributed by atoms with E-state index < -0.39 is 110 Å². The fourth-order valence-corrected chi connectivity index (χ4v) is 13.4. The second-order valence-corrected chi connectivity index (χ2v) is 24.6. The number of carbonyl (C=O) groups excluding carboxylic acids is 4. The van der Waals surface area contributed by atoms with Crippen LogP contribution in [0.3, 0.4) is 0 Å². The SMILES string of the molecule is CO[C@@H]1C[C@H](S(=O)(=O)c2ccc(-c3cnn(CC(=O)N(C)C)c3)cc2C(F)(F)F)C[C@H]1C(=O)NC1(C#N)CC1.CO[C@H]1C[C@@H](S(=O)(=O)c2ccc(-c3cnn(CC(=O)N(C)C)c3)cc2C(F)(F)F)C[C@@H]1C(=O)NC1(C#N)CC1. The van der Waals surface area contributed by atoms with Crippen LogP contribution in [0.5, 0.6) is 0 Å². The van der Waals surface area contributed by atoms with Crippen molar-refractivity contribution < 1.29 is 71.8 Å². The largest absolute Gasteiger partial charge is 0.417 e. The van der Waals surface area contributed by atoms with Crippen molar-refractivity contribution in [1.82, 2.24) is 40.0 Å². The van der Waals surface area contributed by atoms with Gasteiger partial charge in [0.05, 0.1) is 80.0 Å². The molecule has 2 aromatic carbocycles. The number of hydrogen-bond donors (Lipinski definition) is 2. The monoisotopic (exact) mass is 1130 g/mol. The highest BCUT2D eigenvalue weighted by molar-refractivity contribution is 7.92. The minimum absolute atomic E-state index is 0.0782. The molecule has 0 radical (unpaired) electrons. The average Bonchev–Trinajstić information content (AvgIpc) is 3.99. The van der Waals surface area contributed by atoms with Crippen molar-refractivity contribution in [1.29, 1.82) is 10.5 Å².